The molecular formula is C19H19ClN2O6S. The number of ether oxygens (including phenoxy) is 3. The van der Waals surface area contributed by atoms with Crippen molar-refractivity contribution in [2.45, 2.75) is 19.1 Å². The highest BCUT2D eigenvalue weighted by atomic mass is 35.5. The maximum atomic E-state index is 12.7. The molecule has 0 bridgehead atoms. The van der Waals surface area contributed by atoms with Gasteiger partial charge >= 0.3 is 0 Å². The lowest BCUT2D eigenvalue weighted by Crippen LogP contribution is -2.39. The van der Waals surface area contributed by atoms with Crippen LogP contribution in [0.25, 0.3) is 0 Å². The van der Waals surface area contributed by atoms with E-state index < -0.39 is 16.1 Å². The van der Waals surface area contributed by atoms with Crippen molar-refractivity contribution in [3.8, 4) is 17.2 Å². The van der Waals surface area contributed by atoms with E-state index in [-0.39, 0.29) is 32.2 Å². The van der Waals surface area contributed by atoms with Crippen LogP contribution in [-0.2, 0) is 21.4 Å². The first kappa shape index (κ1) is 19.7. The Morgan fingerprint density at radius 3 is 2.72 bits per heavy atom. The smallest absolute Gasteiger partial charge is 0.261 e. The van der Waals surface area contributed by atoms with Gasteiger partial charge in [-0.3, -0.25) is 9.10 Å². The van der Waals surface area contributed by atoms with E-state index in [9.17, 15) is 13.2 Å². The van der Waals surface area contributed by atoms with Gasteiger partial charge in [0.2, 0.25) is 16.8 Å². The fraction of sp³-hybridized carbons (Fsp3) is 0.316. The molecule has 2 heterocycles. The fourth-order valence-corrected chi connectivity index (χ4v) is 4.34. The molecule has 0 aromatic heterocycles. The third-order valence-electron chi connectivity index (χ3n) is 4.65. The Labute approximate surface area is 173 Å². The molecule has 154 valence electrons. The van der Waals surface area contributed by atoms with Gasteiger partial charge in [-0.25, -0.2) is 8.42 Å². The number of hydrogen-bond donors (Lipinski definition) is 1. The van der Waals surface area contributed by atoms with Crippen molar-refractivity contribution in [3.63, 3.8) is 0 Å². The molecule has 8 nitrogen and oxygen atoms in total. The zero-order valence-electron chi connectivity index (χ0n) is 15.6. The Morgan fingerprint density at radius 2 is 1.93 bits per heavy atom. The summed E-state index contributed by atoms with van der Waals surface area (Å²) in [5.41, 5.74) is 1.17. The van der Waals surface area contributed by atoms with Crippen LogP contribution in [0.4, 0.5) is 5.69 Å². The number of fused-ring (bicyclic) bond motifs is 2. The van der Waals surface area contributed by atoms with Gasteiger partial charge in [-0.2, -0.15) is 0 Å². The SMILES string of the molecule is CS(=O)(=O)N1CC[C@H](C(=O)NCc2ccc3c(c2)OCO3)Oc2ccc(Cl)cc21. The van der Waals surface area contributed by atoms with Gasteiger partial charge in [0, 0.05) is 24.5 Å². The summed E-state index contributed by atoms with van der Waals surface area (Å²) in [5.74, 6) is 1.26. The summed E-state index contributed by atoms with van der Waals surface area (Å²) in [6.45, 7) is 0.564. The minimum atomic E-state index is -3.55. The van der Waals surface area contributed by atoms with E-state index in [4.69, 9.17) is 25.8 Å². The number of nitrogens with one attached hydrogen (secondary N) is 1. The zero-order chi connectivity index (χ0) is 20.6. The van der Waals surface area contributed by atoms with Gasteiger partial charge in [0.1, 0.15) is 5.75 Å². The van der Waals surface area contributed by atoms with Crippen LogP contribution >= 0.6 is 11.6 Å². The van der Waals surface area contributed by atoms with Crippen LogP contribution in [-0.4, -0.2) is 40.0 Å². The average Bonchev–Trinajstić information content (AvgIpc) is 3.04. The first-order chi connectivity index (χ1) is 13.8. The molecule has 2 aromatic carbocycles. The molecule has 0 aliphatic carbocycles. The van der Waals surface area contributed by atoms with Gasteiger partial charge in [-0.15, -0.1) is 0 Å². The lowest BCUT2D eigenvalue weighted by Gasteiger charge is -2.21. The summed E-state index contributed by atoms with van der Waals surface area (Å²) in [6.07, 6.45) is 0.472. The molecular weight excluding hydrogens is 420 g/mol. The van der Waals surface area contributed by atoms with E-state index in [1.165, 1.54) is 10.4 Å². The van der Waals surface area contributed by atoms with Gasteiger partial charge in [0.15, 0.2) is 17.6 Å². The largest absolute Gasteiger partial charge is 0.478 e. The van der Waals surface area contributed by atoms with Crippen molar-refractivity contribution >= 4 is 33.2 Å². The number of amides is 1. The molecule has 2 aromatic rings. The summed E-state index contributed by atoms with van der Waals surface area (Å²) in [6, 6.07) is 10.1. The van der Waals surface area contributed by atoms with Crippen molar-refractivity contribution in [2.24, 2.45) is 0 Å². The number of sulfonamides is 1. The zero-order valence-corrected chi connectivity index (χ0v) is 17.1. The molecule has 1 N–H and O–H groups in total. The quantitative estimate of drug-likeness (QED) is 0.787. The Balaban J connectivity index is 1.49. The molecule has 2 aliphatic heterocycles. The van der Waals surface area contributed by atoms with E-state index in [0.717, 1.165) is 11.8 Å². The summed E-state index contributed by atoms with van der Waals surface area (Å²) in [7, 11) is -3.55. The van der Waals surface area contributed by atoms with Gasteiger partial charge in [-0.05, 0) is 35.9 Å². The highest BCUT2D eigenvalue weighted by molar-refractivity contribution is 7.92. The van der Waals surface area contributed by atoms with Gasteiger partial charge in [-0.1, -0.05) is 17.7 Å². The monoisotopic (exact) mass is 438 g/mol. The third kappa shape index (κ3) is 4.20. The third-order valence-corrected chi connectivity index (χ3v) is 6.06. The second kappa shape index (κ2) is 7.64. The van der Waals surface area contributed by atoms with Gasteiger partial charge in [0.25, 0.3) is 5.91 Å². The second-order valence-electron chi connectivity index (χ2n) is 6.75. The van der Waals surface area contributed by atoms with E-state index in [0.29, 0.717) is 28.0 Å². The lowest BCUT2D eigenvalue weighted by atomic mass is 10.2. The molecule has 0 saturated carbocycles. The Hall–Kier alpha value is -2.65. The predicted molar refractivity (Wildman–Crippen MR) is 107 cm³/mol. The number of rotatable bonds is 4. The van der Waals surface area contributed by atoms with E-state index in [1.807, 2.05) is 6.07 Å². The van der Waals surface area contributed by atoms with Crippen molar-refractivity contribution in [3.05, 3.63) is 47.0 Å². The molecule has 29 heavy (non-hydrogen) atoms. The normalized spacial score (nSPS) is 17.9. The first-order valence-corrected chi connectivity index (χ1v) is 11.1. The molecule has 1 atom stereocenters. The molecule has 10 heteroatoms. The Bertz CT molecular complexity index is 1060. The topological polar surface area (TPSA) is 94.2 Å². The summed E-state index contributed by atoms with van der Waals surface area (Å²) < 4.78 is 42.1. The predicted octanol–water partition coefficient (Wildman–Crippen LogP) is 2.30. The Morgan fingerprint density at radius 1 is 1.17 bits per heavy atom. The summed E-state index contributed by atoms with van der Waals surface area (Å²) >= 11 is 6.03. The molecule has 0 radical (unpaired) electrons. The van der Waals surface area contributed by atoms with Gasteiger partial charge < -0.3 is 19.5 Å². The van der Waals surface area contributed by atoms with E-state index >= 15 is 0 Å². The Kier molecular flexibility index (Phi) is 5.18. The molecule has 1 amide bonds. The lowest BCUT2D eigenvalue weighted by molar-refractivity contribution is -0.128. The number of carbonyl (C=O) groups is 1. The average molecular weight is 439 g/mol. The molecule has 0 saturated heterocycles. The van der Waals surface area contributed by atoms with Crippen molar-refractivity contribution in [1.82, 2.24) is 5.32 Å². The van der Waals surface area contributed by atoms with Crippen LogP contribution in [0.15, 0.2) is 36.4 Å². The molecule has 0 unspecified atom stereocenters. The minimum Gasteiger partial charge on any atom is -0.478 e. The number of anilines is 1. The first-order valence-electron chi connectivity index (χ1n) is 8.91. The number of halogens is 1. The minimum absolute atomic E-state index is 0.105. The summed E-state index contributed by atoms with van der Waals surface area (Å²) in [4.78, 5) is 12.7. The number of benzene rings is 2. The molecule has 4 rings (SSSR count). The highest BCUT2D eigenvalue weighted by Gasteiger charge is 2.31. The maximum absolute atomic E-state index is 12.7. The second-order valence-corrected chi connectivity index (χ2v) is 9.09. The highest BCUT2D eigenvalue weighted by Crippen LogP contribution is 2.36. The fourth-order valence-electron chi connectivity index (χ4n) is 3.24. The van der Waals surface area contributed by atoms with E-state index in [1.54, 1.807) is 24.3 Å². The number of hydrogen-bond acceptors (Lipinski definition) is 6. The van der Waals surface area contributed by atoms with Gasteiger partial charge in [0.05, 0.1) is 11.9 Å². The molecule has 0 fully saturated rings. The van der Waals surface area contributed by atoms with E-state index in [2.05, 4.69) is 5.32 Å². The van der Waals surface area contributed by atoms with Crippen LogP contribution < -0.4 is 23.8 Å². The standard InChI is InChI=1S/C19H19ClN2O6S/c1-29(24,25)22-7-6-17(28-15-5-3-13(20)9-14(15)22)19(23)21-10-12-2-4-16-18(8-12)27-11-26-16/h2-5,8-9,17H,6-7,10-11H2,1H3,(H,21,23)/t17-/m1/s1. The van der Waals surface area contributed by atoms with Crippen molar-refractivity contribution < 1.29 is 27.4 Å². The maximum Gasteiger partial charge on any atom is 0.261 e. The summed E-state index contributed by atoms with van der Waals surface area (Å²) in [5, 5.41) is 3.21. The van der Waals surface area contributed by atoms with Crippen LogP contribution in [0.1, 0.15) is 12.0 Å². The number of nitrogens with zero attached hydrogens (tertiary/aromatic N) is 1. The molecule has 0 spiro atoms. The molecule has 2 aliphatic rings. The van der Waals surface area contributed by atoms with Crippen LogP contribution in [0, 0.1) is 0 Å². The number of carbonyl (C=O) groups excluding carboxylic acids is 1. The van der Waals surface area contributed by atoms with Crippen molar-refractivity contribution in [1.29, 1.82) is 0 Å². The van der Waals surface area contributed by atoms with Crippen LogP contribution in [0.5, 0.6) is 17.2 Å². The van der Waals surface area contributed by atoms with Crippen molar-refractivity contribution in [2.75, 3.05) is 23.9 Å². The van der Waals surface area contributed by atoms with Crippen LogP contribution in [0.2, 0.25) is 5.02 Å². The van der Waals surface area contributed by atoms with Crippen LogP contribution in [0.3, 0.4) is 0 Å².